The monoisotopic (exact) mass is 514 g/mol. The maximum Gasteiger partial charge on any atom is 0.255 e. The van der Waals surface area contributed by atoms with Crippen LogP contribution in [0.3, 0.4) is 0 Å². The number of nitrogens with one attached hydrogen (secondary N) is 2. The van der Waals surface area contributed by atoms with Gasteiger partial charge in [0.25, 0.3) is 5.91 Å². The summed E-state index contributed by atoms with van der Waals surface area (Å²) >= 11 is 0. The number of carbonyl (C=O) groups excluding carboxylic acids is 2. The predicted octanol–water partition coefficient (Wildman–Crippen LogP) is 4.38. The van der Waals surface area contributed by atoms with Crippen LogP contribution in [-0.4, -0.2) is 53.9 Å². The fraction of sp³-hybridized carbons (Fsp3) is 0.467. The fourth-order valence-corrected chi connectivity index (χ4v) is 5.28. The first-order valence-electron chi connectivity index (χ1n) is 13.8. The van der Waals surface area contributed by atoms with Crippen molar-refractivity contribution in [3.63, 3.8) is 0 Å². The molecule has 0 saturated carbocycles. The fourth-order valence-electron chi connectivity index (χ4n) is 5.28. The first-order chi connectivity index (χ1) is 18.6. The lowest BCUT2D eigenvalue weighted by Gasteiger charge is -2.25. The molecule has 1 fully saturated rings. The number of benzene rings is 1. The Balaban J connectivity index is 1.49. The molecular weight excluding hydrogens is 476 g/mol. The molecule has 0 bridgehead atoms. The van der Waals surface area contributed by atoms with Crippen molar-refractivity contribution < 1.29 is 9.59 Å². The van der Waals surface area contributed by atoms with E-state index in [4.69, 9.17) is 10.7 Å². The molecule has 0 spiro atoms. The Bertz CT molecular complexity index is 1200. The highest BCUT2D eigenvalue weighted by Crippen LogP contribution is 2.26. The van der Waals surface area contributed by atoms with Crippen LogP contribution in [0.5, 0.6) is 0 Å². The highest BCUT2D eigenvalue weighted by Gasteiger charge is 2.29. The SMILES string of the molecule is N#Cc1ccccc1-c1ccc(C(=O)NC[C@H]2CCCN2C(=O)CCCN)c(NCCC2=CCCCC2)n1. The standard InChI is InChI=1S/C30H38N6O2/c31-17-6-13-28(37)36-19-7-11-24(36)21-34-30(38)26-14-15-27(25-12-5-4-10-23(25)20-32)35-29(26)33-18-16-22-8-2-1-3-9-22/h4-5,8,10,12,14-15,24H,1-3,6-7,9,11,13,16-19,21,31H2,(H,33,35)(H,34,38)/t24-/m1/s1. The van der Waals surface area contributed by atoms with Crippen LogP contribution in [0, 0.1) is 11.3 Å². The summed E-state index contributed by atoms with van der Waals surface area (Å²) in [4.78, 5) is 32.6. The number of pyridine rings is 1. The number of allylic oxidation sites excluding steroid dienone is 1. The molecule has 38 heavy (non-hydrogen) atoms. The molecule has 4 N–H and O–H groups in total. The second-order valence-electron chi connectivity index (χ2n) is 10.0. The zero-order chi connectivity index (χ0) is 26.7. The highest BCUT2D eigenvalue weighted by molar-refractivity contribution is 5.99. The van der Waals surface area contributed by atoms with Gasteiger partial charge in [0, 0.05) is 37.7 Å². The highest BCUT2D eigenvalue weighted by atomic mass is 16.2. The molecule has 1 aliphatic carbocycles. The molecule has 2 amide bonds. The number of anilines is 1. The van der Waals surface area contributed by atoms with Crippen LogP contribution in [0.25, 0.3) is 11.3 Å². The number of hydrogen-bond donors (Lipinski definition) is 3. The molecule has 1 atom stereocenters. The van der Waals surface area contributed by atoms with Gasteiger partial charge in [-0.1, -0.05) is 29.8 Å². The zero-order valence-electron chi connectivity index (χ0n) is 22.0. The third kappa shape index (κ3) is 6.99. The summed E-state index contributed by atoms with van der Waals surface area (Å²) in [6.07, 6.45) is 10.9. The molecule has 2 aliphatic rings. The lowest BCUT2D eigenvalue weighted by atomic mass is 9.97. The number of aromatic nitrogens is 1. The molecule has 2 heterocycles. The van der Waals surface area contributed by atoms with Gasteiger partial charge in [-0.15, -0.1) is 0 Å². The predicted molar refractivity (Wildman–Crippen MR) is 149 cm³/mol. The van der Waals surface area contributed by atoms with E-state index in [1.807, 2.05) is 23.1 Å². The van der Waals surface area contributed by atoms with Gasteiger partial charge in [-0.2, -0.15) is 5.26 Å². The van der Waals surface area contributed by atoms with Crippen LogP contribution in [0.1, 0.15) is 73.7 Å². The normalized spacial score (nSPS) is 17.0. The van der Waals surface area contributed by atoms with Crippen LogP contribution in [0.4, 0.5) is 5.82 Å². The number of nitrogens with two attached hydrogens (primary N) is 1. The molecule has 200 valence electrons. The van der Waals surface area contributed by atoms with Gasteiger partial charge in [0.2, 0.25) is 5.91 Å². The van der Waals surface area contributed by atoms with Crippen molar-refractivity contribution in [2.45, 2.75) is 63.8 Å². The molecule has 0 radical (unpaired) electrons. The van der Waals surface area contributed by atoms with Gasteiger partial charge in [-0.25, -0.2) is 4.98 Å². The molecule has 1 saturated heterocycles. The maximum atomic E-state index is 13.3. The molecule has 1 aromatic heterocycles. The van der Waals surface area contributed by atoms with E-state index in [1.54, 1.807) is 18.2 Å². The van der Waals surface area contributed by atoms with Gasteiger partial charge in [-0.3, -0.25) is 9.59 Å². The third-order valence-electron chi connectivity index (χ3n) is 7.38. The van der Waals surface area contributed by atoms with E-state index in [-0.39, 0.29) is 17.9 Å². The van der Waals surface area contributed by atoms with Crippen molar-refractivity contribution in [2.24, 2.45) is 5.73 Å². The van der Waals surface area contributed by atoms with Crippen LogP contribution in [0.15, 0.2) is 48.0 Å². The van der Waals surface area contributed by atoms with E-state index in [0.29, 0.717) is 55.1 Å². The smallest absolute Gasteiger partial charge is 0.255 e. The largest absolute Gasteiger partial charge is 0.369 e. The lowest BCUT2D eigenvalue weighted by Crippen LogP contribution is -2.43. The second kappa shape index (κ2) is 13.7. The second-order valence-corrected chi connectivity index (χ2v) is 10.0. The number of amides is 2. The third-order valence-corrected chi connectivity index (χ3v) is 7.38. The van der Waals surface area contributed by atoms with E-state index in [0.717, 1.165) is 44.2 Å². The minimum Gasteiger partial charge on any atom is -0.369 e. The molecule has 0 unspecified atom stereocenters. The van der Waals surface area contributed by atoms with Crippen molar-refractivity contribution in [2.75, 3.05) is 31.5 Å². The summed E-state index contributed by atoms with van der Waals surface area (Å²) in [5.41, 5.74) is 9.39. The quantitative estimate of drug-likeness (QED) is 0.382. The van der Waals surface area contributed by atoms with E-state index in [9.17, 15) is 14.9 Å². The number of hydrogen-bond acceptors (Lipinski definition) is 6. The van der Waals surface area contributed by atoms with Gasteiger partial charge in [0.15, 0.2) is 0 Å². The van der Waals surface area contributed by atoms with Crippen LogP contribution in [-0.2, 0) is 4.79 Å². The molecule has 8 heteroatoms. The summed E-state index contributed by atoms with van der Waals surface area (Å²) in [5, 5.41) is 16.0. The maximum absolute atomic E-state index is 13.3. The zero-order valence-corrected chi connectivity index (χ0v) is 22.0. The van der Waals surface area contributed by atoms with Gasteiger partial charge < -0.3 is 21.3 Å². The molecular formula is C30H38N6O2. The van der Waals surface area contributed by atoms with E-state index >= 15 is 0 Å². The summed E-state index contributed by atoms with van der Waals surface area (Å²) in [6, 6.07) is 13.1. The number of carbonyl (C=O) groups is 2. The average Bonchev–Trinajstić information content (AvgIpc) is 3.44. The van der Waals surface area contributed by atoms with Crippen molar-refractivity contribution in [1.29, 1.82) is 5.26 Å². The van der Waals surface area contributed by atoms with Crippen molar-refractivity contribution in [1.82, 2.24) is 15.2 Å². The Hall–Kier alpha value is -3.70. The van der Waals surface area contributed by atoms with E-state index in [2.05, 4.69) is 22.8 Å². The number of rotatable bonds is 11. The minimum absolute atomic E-state index is 0.00592. The Morgan fingerprint density at radius 3 is 2.82 bits per heavy atom. The van der Waals surface area contributed by atoms with Gasteiger partial charge >= 0.3 is 0 Å². The van der Waals surface area contributed by atoms with E-state index in [1.165, 1.54) is 18.4 Å². The Kier molecular flexibility index (Phi) is 9.88. The van der Waals surface area contributed by atoms with Crippen molar-refractivity contribution in [3.05, 3.63) is 59.2 Å². The van der Waals surface area contributed by atoms with Gasteiger partial charge in [0.05, 0.1) is 22.9 Å². The van der Waals surface area contributed by atoms with Crippen LogP contribution < -0.4 is 16.4 Å². The molecule has 2 aromatic rings. The average molecular weight is 515 g/mol. The topological polar surface area (TPSA) is 124 Å². The molecule has 8 nitrogen and oxygen atoms in total. The summed E-state index contributed by atoms with van der Waals surface area (Å²) in [6.45, 7) is 2.30. The number of nitrogens with zero attached hydrogens (tertiary/aromatic N) is 3. The Labute approximate surface area is 225 Å². The van der Waals surface area contributed by atoms with Crippen LogP contribution >= 0.6 is 0 Å². The van der Waals surface area contributed by atoms with Gasteiger partial charge in [0.1, 0.15) is 5.82 Å². The van der Waals surface area contributed by atoms with Gasteiger partial charge in [-0.05, 0) is 76.1 Å². The minimum atomic E-state index is -0.224. The Morgan fingerprint density at radius 2 is 2.03 bits per heavy atom. The summed E-state index contributed by atoms with van der Waals surface area (Å²) in [5.74, 6) is 0.387. The Morgan fingerprint density at radius 1 is 1.16 bits per heavy atom. The lowest BCUT2D eigenvalue weighted by molar-refractivity contribution is -0.132. The van der Waals surface area contributed by atoms with Crippen molar-refractivity contribution >= 4 is 17.6 Å². The van der Waals surface area contributed by atoms with E-state index < -0.39 is 0 Å². The summed E-state index contributed by atoms with van der Waals surface area (Å²) < 4.78 is 0. The molecule has 1 aliphatic heterocycles. The summed E-state index contributed by atoms with van der Waals surface area (Å²) in [7, 11) is 0. The first-order valence-corrected chi connectivity index (χ1v) is 13.8. The van der Waals surface area contributed by atoms with Crippen molar-refractivity contribution in [3.8, 4) is 17.3 Å². The first kappa shape index (κ1) is 27.3. The molecule has 1 aromatic carbocycles. The van der Waals surface area contributed by atoms with Crippen LogP contribution in [0.2, 0.25) is 0 Å². The molecule has 4 rings (SSSR count). The number of nitriles is 1. The number of likely N-dealkylation sites (tertiary alicyclic amines) is 1.